The van der Waals surface area contributed by atoms with Gasteiger partial charge in [-0.3, -0.25) is 4.57 Å². The second-order valence-electron chi connectivity index (χ2n) is 1.33. The molecule has 0 N–H and O–H groups in total. The lowest BCUT2D eigenvalue weighted by atomic mass is 11.4. The maximum absolute atomic E-state index is 11.1. The van der Waals surface area contributed by atoms with Crippen molar-refractivity contribution in [3.8, 4) is 0 Å². The van der Waals surface area contributed by atoms with Gasteiger partial charge in [-0.2, -0.15) is 13.2 Å². The quantitative estimate of drug-likeness (QED) is 0.482. The predicted molar refractivity (Wildman–Crippen MR) is 22.2 cm³/mol. The molecule has 0 aromatic heterocycles. The molecule has 0 bridgehead atoms. The Hall–Kier alpha value is -0.230. The monoisotopic (exact) mass is 202 g/mol. The Morgan fingerprint density at radius 1 is 1.00 bits per heavy atom. The van der Waals surface area contributed by atoms with Crippen molar-refractivity contribution in [2.45, 2.75) is 12.3 Å². The molecule has 68 valence electrons. The molecule has 0 aliphatic carbocycles. The molecular formula is C2HF6O2P. The zero-order chi connectivity index (χ0) is 9.28. The Bertz CT molecular complexity index is 157. The molecule has 2 nitrogen and oxygen atoms in total. The molecule has 9 heteroatoms. The minimum Gasteiger partial charge on any atom is -0.286 e. The molecule has 11 heavy (non-hydrogen) atoms. The fourth-order valence-electron chi connectivity index (χ4n) is 0.163. The van der Waals surface area contributed by atoms with Gasteiger partial charge in [0.2, 0.25) is 0 Å². The lowest BCUT2D eigenvalue weighted by Gasteiger charge is -2.08. The number of alkyl halides is 6. The molecule has 0 spiro atoms. The Morgan fingerprint density at radius 2 is 1.36 bits per heavy atom. The van der Waals surface area contributed by atoms with Crippen LogP contribution in [0.25, 0.3) is 0 Å². The molecule has 0 radical (unpaired) electrons. The van der Waals surface area contributed by atoms with Gasteiger partial charge in [-0.1, -0.05) is 0 Å². The van der Waals surface area contributed by atoms with Crippen molar-refractivity contribution in [3.05, 3.63) is 0 Å². The SMILES string of the molecule is O=[PH](OC(F)(F)F)C(F)(F)F. The van der Waals surface area contributed by atoms with E-state index in [1.807, 2.05) is 0 Å². The fourth-order valence-corrected chi connectivity index (χ4v) is 0.489. The van der Waals surface area contributed by atoms with E-state index in [-0.39, 0.29) is 0 Å². The molecule has 0 aliphatic heterocycles. The van der Waals surface area contributed by atoms with E-state index in [1.165, 1.54) is 0 Å². The van der Waals surface area contributed by atoms with Gasteiger partial charge in [0.1, 0.15) is 0 Å². The van der Waals surface area contributed by atoms with Crippen LogP contribution in [0.15, 0.2) is 0 Å². The van der Waals surface area contributed by atoms with Crippen molar-refractivity contribution >= 4 is 8.03 Å². The summed E-state index contributed by atoms with van der Waals surface area (Å²) in [6.45, 7) is 0. The van der Waals surface area contributed by atoms with Crippen molar-refractivity contribution in [2.75, 3.05) is 0 Å². The first kappa shape index (κ1) is 10.8. The van der Waals surface area contributed by atoms with Gasteiger partial charge in [0.25, 0.3) is 0 Å². The zero-order valence-electron chi connectivity index (χ0n) is 4.58. The maximum Gasteiger partial charge on any atom is 0.528 e. The Balaban J connectivity index is 4.11. The van der Waals surface area contributed by atoms with Crippen LogP contribution in [-0.4, -0.2) is 12.3 Å². The molecule has 0 fully saturated rings. The van der Waals surface area contributed by atoms with Crippen molar-refractivity contribution in [1.29, 1.82) is 0 Å². The summed E-state index contributed by atoms with van der Waals surface area (Å²) in [5.74, 6) is -5.43. The number of hydrogen-bond donors (Lipinski definition) is 0. The Kier molecular flexibility index (Phi) is 2.96. The van der Waals surface area contributed by atoms with E-state index in [1.54, 1.807) is 0 Å². The van der Waals surface area contributed by atoms with E-state index >= 15 is 0 Å². The van der Waals surface area contributed by atoms with E-state index in [2.05, 4.69) is 4.52 Å². The van der Waals surface area contributed by atoms with Crippen LogP contribution in [0, 0.1) is 0 Å². The number of rotatable bonds is 1. The fraction of sp³-hybridized carbons (Fsp3) is 1.00. The van der Waals surface area contributed by atoms with Crippen LogP contribution in [-0.2, 0) is 9.09 Å². The number of hydrogen-bond acceptors (Lipinski definition) is 2. The Labute approximate surface area is 57.0 Å². The van der Waals surface area contributed by atoms with Gasteiger partial charge in [0, 0.05) is 0 Å². The minimum atomic E-state index is -5.51. The molecule has 0 heterocycles. The molecule has 0 rings (SSSR count). The van der Waals surface area contributed by atoms with Crippen LogP contribution in [0.2, 0.25) is 0 Å². The molecule has 0 amide bonds. The summed E-state index contributed by atoms with van der Waals surface area (Å²) in [4.78, 5) is 0. The van der Waals surface area contributed by atoms with Crippen LogP contribution < -0.4 is 0 Å². The first-order valence-electron chi connectivity index (χ1n) is 2.00. The third-order valence-corrected chi connectivity index (χ3v) is 1.32. The van der Waals surface area contributed by atoms with Crippen molar-refractivity contribution < 1.29 is 35.4 Å². The van der Waals surface area contributed by atoms with Crippen molar-refractivity contribution in [1.82, 2.24) is 0 Å². The average Bonchev–Trinajstić information content (AvgIpc) is 1.56. The lowest BCUT2D eigenvalue weighted by molar-refractivity contribution is -0.277. The standard InChI is InChI=1S/C2HF6O2P/c3-1(4,5)10-11(9)2(6,7)8/h11H. The van der Waals surface area contributed by atoms with Crippen LogP contribution in [0.5, 0.6) is 0 Å². The number of halogens is 6. The summed E-state index contributed by atoms with van der Waals surface area (Å²) in [5.41, 5.74) is 0. The van der Waals surface area contributed by atoms with E-state index < -0.39 is 20.3 Å². The highest BCUT2D eigenvalue weighted by atomic mass is 31.1. The molecule has 1 unspecified atom stereocenters. The molecule has 0 saturated carbocycles. The first-order chi connectivity index (χ1) is 4.63. The van der Waals surface area contributed by atoms with Crippen molar-refractivity contribution in [2.24, 2.45) is 0 Å². The molecule has 0 aromatic carbocycles. The van der Waals surface area contributed by atoms with Crippen LogP contribution in [0.3, 0.4) is 0 Å². The summed E-state index contributed by atoms with van der Waals surface area (Å²) >= 11 is 0. The predicted octanol–water partition coefficient (Wildman–Crippen LogP) is 2.52. The summed E-state index contributed by atoms with van der Waals surface area (Å²) in [5, 5.41) is 0. The topological polar surface area (TPSA) is 26.3 Å². The van der Waals surface area contributed by atoms with E-state index in [0.29, 0.717) is 0 Å². The van der Waals surface area contributed by atoms with Crippen LogP contribution in [0.1, 0.15) is 0 Å². The van der Waals surface area contributed by atoms with Gasteiger partial charge >= 0.3 is 20.3 Å². The third kappa shape index (κ3) is 5.09. The van der Waals surface area contributed by atoms with Crippen LogP contribution >= 0.6 is 8.03 Å². The summed E-state index contributed by atoms with van der Waals surface area (Å²) in [6.07, 6.45) is -5.51. The van der Waals surface area contributed by atoms with Gasteiger partial charge in [-0.25, -0.2) is 4.52 Å². The smallest absolute Gasteiger partial charge is 0.286 e. The van der Waals surface area contributed by atoms with E-state index in [9.17, 15) is 30.9 Å². The molecule has 0 aliphatic rings. The molecule has 1 atom stereocenters. The normalized spacial score (nSPS) is 16.5. The minimum absolute atomic E-state index is 2.22. The highest BCUT2D eigenvalue weighted by molar-refractivity contribution is 7.40. The second-order valence-corrected chi connectivity index (χ2v) is 2.68. The average molecular weight is 202 g/mol. The highest BCUT2D eigenvalue weighted by Gasteiger charge is 2.45. The highest BCUT2D eigenvalue weighted by Crippen LogP contribution is 2.47. The largest absolute Gasteiger partial charge is 0.528 e. The Morgan fingerprint density at radius 3 is 1.45 bits per heavy atom. The van der Waals surface area contributed by atoms with Gasteiger partial charge < -0.3 is 0 Å². The summed E-state index contributed by atoms with van der Waals surface area (Å²) in [7, 11) is -5.04. The van der Waals surface area contributed by atoms with E-state index in [4.69, 9.17) is 0 Å². The van der Waals surface area contributed by atoms with E-state index in [0.717, 1.165) is 0 Å². The molecule has 0 saturated heterocycles. The van der Waals surface area contributed by atoms with Crippen molar-refractivity contribution in [3.63, 3.8) is 0 Å². The van der Waals surface area contributed by atoms with Gasteiger partial charge in [0.05, 0.1) is 0 Å². The second kappa shape index (κ2) is 3.02. The van der Waals surface area contributed by atoms with Gasteiger partial charge in [-0.15, -0.1) is 13.2 Å². The molecular weight excluding hydrogens is 201 g/mol. The first-order valence-corrected chi connectivity index (χ1v) is 3.31. The third-order valence-electron chi connectivity index (χ3n) is 0.440. The van der Waals surface area contributed by atoms with Gasteiger partial charge in [0.15, 0.2) is 0 Å². The zero-order valence-corrected chi connectivity index (χ0v) is 5.58. The molecule has 0 aromatic rings. The maximum atomic E-state index is 11.1. The lowest BCUT2D eigenvalue weighted by Crippen LogP contribution is -2.13. The van der Waals surface area contributed by atoms with Gasteiger partial charge in [-0.05, 0) is 0 Å². The summed E-state index contributed by atoms with van der Waals surface area (Å²) in [6, 6.07) is 0. The van der Waals surface area contributed by atoms with Crippen LogP contribution in [0.4, 0.5) is 26.3 Å². The summed E-state index contributed by atoms with van der Waals surface area (Å²) < 4.78 is 77.9.